The maximum absolute atomic E-state index is 12.2. The van der Waals surface area contributed by atoms with E-state index in [-0.39, 0.29) is 18.1 Å². The highest BCUT2D eigenvalue weighted by molar-refractivity contribution is 5.90. The summed E-state index contributed by atoms with van der Waals surface area (Å²) in [5.74, 6) is -0.309. The van der Waals surface area contributed by atoms with Gasteiger partial charge in [-0.05, 0) is 38.1 Å². The third-order valence-corrected chi connectivity index (χ3v) is 3.77. The summed E-state index contributed by atoms with van der Waals surface area (Å²) in [7, 11) is 0. The van der Waals surface area contributed by atoms with Gasteiger partial charge in [0, 0.05) is 23.8 Å². The fraction of sp³-hybridized carbons (Fsp3) is 0.188. The number of nitrogens with zero attached hydrogens (tertiary/aromatic N) is 5. The van der Waals surface area contributed by atoms with Crippen LogP contribution in [-0.2, 0) is 11.3 Å². The number of aryl methyl sites for hydroxylation is 1. The number of amides is 1. The topological polar surface area (TPSA) is 108 Å². The summed E-state index contributed by atoms with van der Waals surface area (Å²) in [6.07, 6.45) is 5.19. The molecule has 1 amide bonds. The van der Waals surface area contributed by atoms with Crippen molar-refractivity contribution in [3.05, 3.63) is 64.5 Å². The number of hydrogen-bond acceptors (Lipinski definition) is 5. The molecule has 1 aromatic carbocycles. The zero-order valence-corrected chi connectivity index (χ0v) is 13.7. The van der Waals surface area contributed by atoms with Gasteiger partial charge in [0.1, 0.15) is 17.9 Å². The van der Waals surface area contributed by atoms with Crippen LogP contribution < -0.4 is 5.32 Å². The molecule has 9 nitrogen and oxygen atoms in total. The average Bonchev–Trinajstić information content (AvgIpc) is 3.17. The van der Waals surface area contributed by atoms with Gasteiger partial charge in [-0.1, -0.05) is 0 Å². The molecule has 3 rings (SSSR count). The molecule has 0 saturated heterocycles. The summed E-state index contributed by atoms with van der Waals surface area (Å²) in [4.78, 5) is 26.7. The molecule has 2 aromatic heterocycles. The van der Waals surface area contributed by atoms with Crippen molar-refractivity contribution in [1.82, 2.24) is 19.3 Å². The SMILES string of the molecule is Cc1nn(CC(=O)Nc2ccc(-n3ccnc3)cc2)c(C)c1[N+](=O)[O-]. The molecule has 0 fully saturated rings. The molecule has 0 aliphatic carbocycles. The number of carbonyl (C=O) groups is 1. The van der Waals surface area contributed by atoms with Gasteiger partial charge in [0.15, 0.2) is 0 Å². The number of anilines is 1. The van der Waals surface area contributed by atoms with Crippen molar-refractivity contribution in [3.8, 4) is 5.69 Å². The summed E-state index contributed by atoms with van der Waals surface area (Å²) in [6, 6.07) is 7.25. The van der Waals surface area contributed by atoms with Crippen molar-refractivity contribution in [1.29, 1.82) is 0 Å². The first-order valence-corrected chi connectivity index (χ1v) is 7.52. The van der Waals surface area contributed by atoms with Crippen molar-refractivity contribution < 1.29 is 9.72 Å². The van der Waals surface area contributed by atoms with E-state index in [4.69, 9.17) is 0 Å². The van der Waals surface area contributed by atoms with Gasteiger partial charge in [0.25, 0.3) is 0 Å². The monoisotopic (exact) mass is 340 g/mol. The molecule has 0 atom stereocenters. The predicted octanol–water partition coefficient (Wildman–Crippen LogP) is 2.23. The molecule has 0 aliphatic rings. The Balaban J connectivity index is 1.69. The van der Waals surface area contributed by atoms with Gasteiger partial charge in [-0.3, -0.25) is 19.6 Å². The molecule has 25 heavy (non-hydrogen) atoms. The maximum atomic E-state index is 12.2. The van der Waals surface area contributed by atoms with E-state index in [9.17, 15) is 14.9 Å². The number of benzene rings is 1. The fourth-order valence-corrected chi connectivity index (χ4v) is 2.57. The Hall–Kier alpha value is -3.49. The van der Waals surface area contributed by atoms with Crippen LogP contribution in [0.15, 0.2) is 43.0 Å². The Bertz CT molecular complexity index is 912. The molecule has 0 saturated carbocycles. The van der Waals surface area contributed by atoms with Crippen LogP contribution in [0, 0.1) is 24.0 Å². The standard InChI is InChI=1S/C16H16N6O3/c1-11-16(22(24)25)12(2)21(19-11)9-15(23)18-13-3-5-14(6-4-13)20-8-7-17-10-20/h3-8,10H,9H2,1-2H3,(H,18,23). The van der Waals surface area contributed by atoms with Crippen molar-refractivity contribution in [2.45, 2.75) is 20.4 Å². The Morgan fingerprint density at radius 1 is 1.28 bits per heavy atom. The van der Waals surface area contributed by atoms with Gasteiger partial charge >= 0.3 is 5.69 Å². The van der Waals surface area contributed by atoms with Crippen molar-refractivity contribution in [2.75, 3.05) is 5.32 Å². The minimum atomic E-state index is -0.485. The van der Waals surface area contributed by atoms with Crippen LogP contribution in [0.1, 0.15) is 11.4 Å². The lowest BCUT2D eigenvalue weighted by Crippen LogP contribution is -2.20. The second-order valence-electron chi connectivity index (χ2n) is 5.50. The molecule has 1 N–H and O–H groups in total. The first-order valence-electron chi connectivity index (χ1n) is 7.52. The third kappa shape index (κ3) is 3.39. The normalized spacial score (nSPS) is 10.6. The zero-order valence-electron chi connectivity index (χ0n) is 13.7. The number of rotatable bonds is 5. The fourth-order valence-electron chi connectivity index (χ4n) is 2.57. The molecule has 0 bridgehead atoms. The number of nitrogens with one attached hydrogen (secondary N) is 1. The molecular weight excluding hydrogens is 324 g/mol. The summed E-state index contributed by atoms with van der Waals surface area (Å²) in [5.41, 5.74) is 2.14. The molecule has 128 valence electrons. The first-order chi connectivity index (χ1) is 12.0. The van der Waals surface area contributed by atoms with E-state index in [2.05, 4.69) is 15.4 Å². The number of aromatic nitrogens is 4. The van der Waals surface area contributed by atoms with E-state index in [0.29, 0.717) is 17.1 Å². The predicted molar refractivity (Wildman–Crippen MR) is 90.5 cm³/mol. The van der Waals surface area contributed by atoms with Crippen LogP contribution in [0.25, 0.3) is 5.69 Å². The van der Waals surface area contributed by atoms with Crippen LogP contribution in [0.4, 0.5) is 11.4 Å². The molecule has 0 aliphatic heterocycles. The van der Waals surface area contributed by atoms with Crippen molar-refractivity contribution >= 4 is 17.3 Å². The second-order valence-corrected chi connectivity index (χ2v) is 5.50. The van der Waals surface area contributed by atoms with Gasteiger partial charge in [-0.25, -0.2) is 4.98 Å². The van der Waals surface area contributed by atoms with Crippen molar-refractivity contribution in [2.24, 2.45) is 0 Å². The molecule has 3 aromatic rings. The molecule has 9 heteroatoms. The summed E-state index contributed by atoms with van der Waals surface area (Å²) < 4.78 is 3.18. The zero-order chi connectivity index (χ0) is 18.0. The summed E-state index contributed by atoms with van der Waals surface area (Å²) in [6.45, 7) is 3.03. The lowest BCUT2D eigenvalue weighted by Gasteiger charge is -2.08. The minimum absolute atomic E-state index is 0.0579. The molecular formula is C16H16N6O3. The van der Waals surface area contributed by atoms with Crippen molar-refractivity contribution in [3.63, 3.8) is 0 Å². The number of nitro groups is 1. The molecule has 0 radical (unpaired) electrons. The largest absolute Gasteiger partial charge is 0.324 e. The minimum Gasteiger partial charge on any atom is -0.324 e. The van der Waals surface area contributed by atoms with Gasteiger partial charge in [0.05, 0.1) is 11.3 Å². The van der Waals surface area contributed by atoms with E-state index in [1.54, 1.807) is 38.5 Å². The highest BCUT2D eigenvalue weighted by atomic mass is 16.6. The van der Waals surface area contributed by atoms with Gasteiger partial charge in [-0.15, -0.1) is 0 Å². The smallest absolute Gasteiger partial charge is 0.312 e. The number of carbonyl (C=O) groups excluding carboxylic acids is 1. The van der Waals surface area contributed by atoms with Crippen LogP contribution >= 0.6 is 0 Å². The lowest BCUT2D eigenvalue weighted by molar-refractivity contribution is -0.386. The Morgan fingerprint density at radius 2 is 2.00 bits per heavy atom. The highest BCUT2D eigenvalue weighted by Crippen LogP contribution is 2.21. The lowest BCUT2D eigenvalue weighted by atomic mass is 10.2. The number of hydrogen-bond donors (Lipinski definition) is 1. The molecule has 0 spiro atoms. The average molecular weight is 340 g/mol. The summed E-state index contributed by atoms with van der Waals surface area (Å²) in [5, 5.41) is 17.8. The van der Waals surface area contributed by atoms with Crippen LogP contribution in [0.3, 0.4) is 0 Å². The Labute approximate surface area is 143 Å². The Morgan fingerprint density at radius 3 is 2.56 bits per heavy atom. The maximum Gasteiger partial charge on any atom is 0.312 e. The van der Waals surface area contributed by atoms with Crippen LogP contribution in [0.2, 0.25) is 0 Å². The van der Waals surface area contributed by atoms with E-state index < -0.39 is 4.92 Å². The molecule has 0 unspecified atom stereocenters. The van der Waals surface area contributed by atoms with E-state index in [1.807, 2.05) is 22.9 Å². The first kappa shape index (κ1) is 16.4. The second kappa shape index (κ2) is 6.56. The number of imidazole rings is 1. The highest BCUT2D eigenvalue weighted by Gasteiger charge is 2.22. The van der Waals surface area contributed by atoms with Gasteiger partial charge in [-0.2, -0.15) is 5.10 Å². The Kier molecular flexibility index (Phi) is 4.29. The van der Waals surface area contributed by atoms with E-state index >= 15 is 0 Å². The van der Waals surface area contributed by atoms with Crippen LogP contribution in [0.5, 0.6) is 0 Å². The van der Waals surface area contributed by atoms with E-state index in [1.165, 1.54) is 4.68 Å². The molecule has 2 heterocycles. The summed E-state index contributed by atoms with van der Waals surface area (Å²) >= 11 is 0. The third-order valence-electron chi connectivity index (χ3n) is 3.77. The quantitative estimate of drug-likeness (QED) is 0.566. The van der Waals surface area contributed by atoms with Gasteiger partial charge < -0.3 is 9.88 Å². The van der Waals surface area contributed by atoms with E-state index in [0.717, 1.165) is 5.69 Å². The van der Waals surface area contributed by atoms with Crippen LogP contribution in [-0.4, -0.2) is 30.2 Å². The van der Waals surface area contributed by atoms with Gasteiger partial charge in [0.2, 0.25) is 5.91 Å².